The number of carboxylic acid groups (broad SMARTS) is 1. The maximum atomic E-state index is 13.0. The second kappa shape index (κ2) is 6.56. The van der Waals surface area contributed by atoms with Gasteiger partial charge >= 0.3 is 171 Å². The molecule has 1 amide bonds. The minimum atomic E-state index is -4.38. The van der Waals surface area contributed by atoms with Gasteiger partial charge in [0.25, 0.3) is 0 Å². The van der Waals surface area contributed by atoms with Gasteiger partial charge in [-0.1, -0.05) is 0 Å². The van der Waals surface area contributed by atoms with E-state index >= 15 is 0 Å². The molecule has 6 heteroatoms. The first-order valence-corrected chi connectivity index (χ1v) is 13.7. The van der Waals surface area contributed by atoms with Gasteiger partial charge in [0.2, 0.25) is 0 Å². The van der Waals surface area contributed by atoms with E-state index in [4.69, 9.17) is 0 Å². The predicted octanol–water partition coefficient (Wildman–Crippen LogP) is 3.18. The molecule has 3 rings (SSSR count). The number of benzene rings is 1. The van der Waals surface area contributed by atoms with Crippen molar-refractivity contribution < 1.29 is 25.7 Å². The SMILES string of the molecule is CC1=[C]([Ti]2([N](C)CN(C)C)([N](C(=O)O)C(C)(C)C)[c]3cccc[c]32)C(C)C=C1. The number of amides is 1. The van der Waals surface area contributed by atoms with Crippen molar-refractivity contribution in [2.24, 2.45) is 5.92 Å². The molecule has 1 aromatic rings. The fourth-order valence-corrected chi connectivity index (χ4v) is 20.7. The van der Waals surface area contributed by atoms with Crippen molar-refractivity contribution in [2.75, 3.05) is 27.8 Å². The van der Waals surface area contributed by atoms with Gasteiger partial charge in [-0.05, 0) is 0 Å². The summed E-state index contributed by atoms with van der Waals surface area (Å²) in [6, 6.07) is 8.46. The summed E-state index contributed by atoms with van der Waals surface area (Å²) in [6.07, 6.45) is 3.58. The van der Waals surface area contributed by atoms with E-state index in [1.54, 1.807) is 0 Å². The van der Waals surface area contributed by atoms with Gasteiger partial charge in [0.1, 0.15) is 0 Å². The fraction of sp³-hybridized carbons (Fsp3) is 0.500. The van der Waals surface area contributed by atoms with Crippen LogP contribution in [0, 0.1) is 5.92 Å². The van der Waals surface area contributed by atoms with Crippen LogP contribution in [0.25, 0.3) is 0 Å². The van der Waals surface area contributed by atoms with E-state index in [1.165, 1.54) is 17.2 Å². The van der Waals surface area contributed by atoms with Crippen molar-refractivity contribution in [3.63, 3.8) is 0 Å². The zero-order valence-electron chi connectivity index (χ0n) is 18.4. The van der Waals surface area contributed by atoms with Crippen LogP contribution in [-0.4, -0.2) is 56.2 Å². The van der Waals surface area contributed by atoms with Crippen LogP contribution in [0.4, 0.5) is 4.79 Å². The summed E-state index contributed by atoms with van der Waals surface area (Å²) < 4.78 is 8.13. The van der Waals surface area contributed by atoms with Crippen LogP contribution in [0.5, 0.6) is 0 Å². The third-order valence-electron chi connectivity index (χ3n) is 6.45. The van der Waals surface area contributed by atoms with Gasteiger partial charge in [0, 0.05) is 0 Å². The molecule has 1 aliphatic heterocycles. The first-order valence-electron chi connectivity index (χ1n) is 9.94. The van der Waals surface area contributed by atoms with Crippen molar-refractivity contribution >= 4 is 13.8 Å². The average molecular weight is 420 g/mol. The second-order valence-electron chi connectivity index (χ2n) is 9.64. The van der Waals surface area contributed by atoms with Crippen molar-refractivity contribution in [3.05, 3.63) is 45.9 Å². The molecule has 0 saturated heterocycles. The van der Waals surface area contributed by atoms with E-state index in [0.29, 0.717) is 6.67 Å². The fourth-order valence-electron chi connectivity index (χ4n) is 5.97. The Morgan fingerprint density at radius 2 is 1.68 bits per heavy atom. The molecule has 1 atom stereocenters. The summed E-state index contributed by atoms with van der Waals surface area (Å²) in [5.74, 6) is 0.221. The number of fused-ring (bicyclic) bond motifs is 1. The Morgan fingerprint density at radius 3 is 2.04 bits per heavy atom. The molecule has 2 aliphatic rings. The van der Waals surface area contributed by atoms with Crippen LogP contribution < -0.4 is 7.74 Å². The van der Waals surface area contributed by atoms with Crippen LogP contribution >= 0.6 is 0 Å². The molecule has 1 N–H and O–H groups in total. The Bertz CT molecular complexity index is 859. The summed E-state index contributed by atoms with van der Waals surface area (Å²) in [6.45, 7) is 11.2. The van der Waals surface area contributed by atoms with Crippen LogP contribution in [0.3, 0.4) is 0 Å². The monoisotopic (exact) mass is 420 g/mol. The van der Waals surface area contributed by atoms with E-state index < -0.39 is 27.5 Å². The molecule has 1 heterocycles. The number of carbonyl (C=O) groups is 1. The third kappa shape index (κ3) is 2.46. The molecule has 28 heavy (non-hydrogen) atoms. The number of hydrogen-bond acceptors (Lipinski definition) is 3. The van der Waals surface area contributed by atoms with E-state index in [9.17, 15) is 9.90 Å². The van der Waals surface area contributed by atoms with Gasteiger partial charge in [0.05, 0.1) is 0 Å². The maximum absolute atomic E-state index is 13.0. The van der Waals surface area contributed by atoms with Crippen LogP contribution in [0.2, 0.25) is 0 Å². The molecule has 1 aliphatic carbocycles. The van der Waals surface area contributed by atoms with E-state index in [1.807, 2.05) is 38.2 Å². The first-order chi connectivity index (χ1) is 12.9. The molecule has 0 radical (unpaired) electrons. The molecular weight excluding hydrogens is 386 g/mol. The quantitative estimate of drug-likeness (QED) is 0.587. The van der Waals surface area contributed by atoms with Crippen LogP contribution in [0.1, 0.15) is 34.6 Å². The number of rotatable bonds is 5. The number of nitrogens with zero attached hydrogens (tertiary/aromatic N) is 3. The van der Waals surface area contributed by atoms with Crippen LogP contribution in [0.15, 0.2) is 45.9 Å². The molecule has 0 saturated carbocycles. The van der Waals surface area contributed by atoms with Gasteiger partial charge < -0.3 is 0 Å². The summed E-state index contributed by atoms with van der Waals surface area (Å²) in [5.41, 5.74) is 0.694. The first kappa shape index (κ1) is 21.3. The summed E-state index contributed by atoms with van der Waals surface area (Å²) in [4.78, 5) is 15.1. The third-order valence-corrected chi connectivity index (χ3v) is 18.8. The molecule has 0 spiro atoms. The Balaban J connectivity index is 2.47. The van der Waals surface area contributed by atoms with E-state index in [0.717, 1.165) is 0 Å². The Morgan fingerprint density at radius 1 is 1.14 bits per heavy atom. The summed E-state index contributed by atoms with van der Waals surface area (Å²) in [5, 5.41) is 10.6. The van der Waals surface area contributed by atoms with Crippen molar-refractivity contribution in [1.82, 2.24) is 11.7 Å². The predicted molar refractivity (Wildman–Crippen MR) is 113 cm³/mol. The van der Waals surface area contributed by atoms with Gasteiger partial charge in [-0.2, -0.15) is 0 Å². The molecule has 0 bridgehead atoms. The summed E-state index contributed by atoms with van der Waals surface area (Å²) >= 11 is -4.38. The molecule has 1 unspecified atom stereocenters. The zero-order chi connectivity index (χ0) is 21.1. The average Bonchev–Trinajstić information content (AvgIpc) is 3.00. The molecule has 1 aromatic carbocycles. The molecule has 5 nitrogen and oxygen atoms in total. The second-order valence-corrected chi connectivity index (χ2v) is 17.6. The molecule has 153 valence electrons. The molecule has 0 aromatic heterocycles. The van der Waals surface area contributed by atoms with Crippen LogP contribution in [-0.2, 0) is 15.8 Å². The van der Waals surface area contributed by atoms with Gasteiger partial charge in [0.15, 0.2) is 0 Å². The standard InChI is InChI=1S/C7H9.C6H4.C5H10NO2.C4H11N2.Ti/c1-6-3-4-7(2)5-6;1-2-4-6-5-3-1;1-5(2,3)6-4(7)8;1-5-4-6(2)3;/h3-4,6H,1-2H3;1-4H;1-3H3,(H,7,8);4H2,1-3H3;/q;;2*-1;+2. The van der Waals surface area contributed by atoms with Gasteiger partial charge in [-0.3, -0.25) is 0 Å². The Labute approximate surface area is 170 Å². The normalized spacial score (nSPS) is 23.5. The topological polar surface area (TPSA) is 47.0 Å². The van der Waals surface area contributed by atoms with Crippen molar-refractivity contribution in [2.45, 2.75) is 40.2 Å². The Hall–Kier alpha value is -1.40. The van der Waals surface area contributed by atoms with E-state index in [2.05, 4.69) is 65.6 Å². The van der Waals surface area contributed by atoms with Crippen molar-refractivity contribution in [3.8, 4) is 0 Å². The zero-order valence-corrected chi connectivity index (χ0v) is 20.0. The van der Waals surface area contributed by atoms with Crippen molar-refractivity contribution in [1.29, 1.82) is 0 Å². The van der Waals surface area contributed by atoms with Gasteiger partial charge in [-0.15, -0.1) is 0 Å². The van der Waals surface area contributed by atoms with E-state index in [-0.39, 0.29) is 5.92 Å². The van der Waals surface area contributed by atoms with Gasteiger partial charge in [-0.25, -0.2) is 0 Å². The number of hydrogen-bond donors (Lipinski definition) is 1. The number of allylic oxidation sites excluding steroid dienone is 4. The molecular formula is C22H34N3O2Ti. The minimum absolute atomic E-state index is 0.221. The Kier molecular flexibility index (Phi) is 5.00. The summed E-state index contributed by atoms with van der Waals surface area (Å²) in [7, 11) is 6.23. The molecule has 0 fully saturated rings.